The van der Waals surface area contributed by atoms with Crippen molar-refractivity contribution in [2.24, 2.45) is 11.5 Å². The number of hydrogen-bond donors (Lipinski definition) is 4. The maximum Gasteiger partial charge on any atom is 0.416 e. The summed E-state index contributed by atoms with van der Waals surface area (Å²) in [7, 11) is 0. The van der Waals surface area contributed by atoms with Crippen LogP contribution in [0.2, 0.25) is 0 Å². The van der Waals surface area contributed by atoms with Crippen molar-refractivity contribution < 1.29 is 18.0 Å². The summed E-state index contributed by atoms with van der Waals surface area (Å²) in [5.74, 6) is -0.489. The van der Waals surface area contributed by atoms with Gasteiger partial charge in [0.2, 0.25) is 0 Å². The van der Waals surface area contributed by atoms with Crippen LogP contribution in [0.15, 0.2) is 42.7 Å². The van der Waals surface area contributed by atoms with Gasteiger partial charge < -0.3 is 21.7 Å². The first-order chi connectivity index (χ1) is 15.1. The van der Waals surface area contributed by atoms with Gasteiger partial charge in [0.1, 0.15) is 0 Å². The van der Waals surface area contributed by atoms with Crippen LogP contribution in [-0.2, 0) is 6.18 Å². The van der Waals surface area contributed by atoms with Gasteiger partial charge in [0, 0.05) is 25.5 Å². The van der Waals surface area contributed by atoms with Crippen LogP contribution in [0.1, 0.15) is 35.2 Å². The number of hydrogen-bond acceptors (Lipinski definition) is 5. The maximum atomic E-state index is 13.2. The fourth-order valence-electron chi connectivity index (χ4n) is 3.05. The third-order valence-corrected chi connectivity index (χ3v) is 4.62. The van der Waals surface area contributed by atoms with E-state index in [4.69, 9.17) is 12.2 Å². The molecule has 0 unspecified atom stereocenters. The minimum atomic E-state index is -4.47. The molecule has 2 heterocycles. The van der Waals surface area contributed by atoms with Gasteiger partial charge in [-0.3, -0.25) is 15.1 Å². The Kier molecular flexibility index (Phi) is 9.14. The van der Waals surface area contributed by atoms with Crippen molar-refractivity contribution in [3.8, 4) is 0 Å². The molecule has 12 heteroatoms. The number of rotatable bonds is 3. The van der Waals surface area contributed by atoms with E-state index in [9.17, 15) is 18.0 Å². The standard InChI is InChI=1S/C19H19F3N4OS.CH4N2S/c20-19(21,22)14-6-7-16(26-9-2-1-3-10-26)15(11-14)24-18(28)25-17(27)13-5-4-8-23-12-13;2-1(3)4/h4-8,11-12H,1-3,9-10H2,(H2,24,25,27,28);(H4,2,3,4). The number of halogens is 3. The normalized spacial score (nSPS) is 13.4. The van der Waals surface area contributed by atoms with Crippen molar-refractivity contribution in [3.05, 3.63) is 53.9 Å². The van der Waals surface area contributed by atoms with Crippen LogP contribution < -0.4 is 27.0 Å². The maximum absolute atomic E-state index is 13.2. The number of nitrogens with one attached hydrogen (secondary N) is 2. The molecule has 1 aliphatic heterocycles. The summed E-state index contributed by atoms with van der Waals surface area (Å²) in [5, 5.41) is 5.16. The van der Waals surface area contributed by atoms with Crippen molar-refractivity contribution in [2.75, 3.05) is 23.3 Å². The molecule has 1 aromatic heterocycles. The lowest BCUT2D eigenvalue weighted by molar-refractivity contribution is -0.137. The van der Waals surface area contributed by atoms with Crippen molar-refractivity contribution >= 4 is 51.9 Å². The Hall–Kier alpha value is -2.99. The smallest absolute Gasteiger partial charge is 0.377 e. The van der Waals surface area contributed by atoms with Crippen molar-refractivity contribution in [3.63, 3.8) is 0 Å². The molecular formula is C20H23F3N6OS2. The number of anilines is 2. The molecule has 0 bridgehead atoms. The quantitative estimate of drug-likeness (QED) is 0.491. The minimum absolute atomic E-state index is 0.000000000000000222. The van der Waals surface area contributed by atoms with E-state index in [2.05, 4.69) is 39.3 Å². The number of thiocarbonyl (C=S) groups is 2. The SMILES string of the molecule is NC(N)=S.O=C(NC(=S)Nc1cc(C(F)(F)F)ccc1N1CCCCC1)c1cccnc1. The molecule has 1 saturated heterocycles. The van der Waals surface area contributed by atoms with E-state index in [-0.39, 0.29) is 15.9 Å². The number of nitrogens with zero attached hydrogens (tertiary/aromatic N) is 2. The van der Waals surface area contributed by atoms with Crippen LogP contribution in [0.5, 0.6) is 0 Å². The van der Waals surface area contributed by atoms with Gasteiger partial charge in [-0.25, -0.2) is 0 Å². The van der Waals surface area contributed by atoms with E-state index in [1.807, 2.05) is 4.90 Å². The Balaban J connectivity index is 0.000000837. The number of nitrogens with two attached hydrogens (primary N) is 2. The Bertz CT molecular complexity index is 946. The van der Waals surface area contributed by atoms with E-state index in [1.54, 1.807) is 12.1 Å². The third-order valence-electron chi connectivity index (χ3n) is 4.42. The molecule has 2 aromatic rings. The number of benzene rings is 1. The molecular weight excluding hydrogens is 461 g/mol. The topological polar surface area (TPSA) is 109 Å². The number of carbonyl (C=O) groups is 1. The van der Waals surface area contributed by atoms with Gasteiger partial charge in [-0.1, -0.05) is 0 Å². The van der Waals surface area contributed by atoms with Gasteiger partial charge in [0.05, 0.1) is 22.5 Å². The molecule has 1 aromatic carbocycles. The van der Waals surface area contributed by atoms with Crippen molar-refractivity contribution in [1.29, 1.82) is 0 Å². The van der Waals surface area contributed by atoms with E-state index < -0.39 is 17.6 Å². The van der Waals surface area contributed by atoms with Gasteiger partial charge >= 0.3 is 6.18 Å². The van der Waals surface area contributed by atoms with Crippen LogP contribution in [0, 0.1) is 0 Å². The lowest BCUT2D eigenvalue weighted by Crippen LogP contribution is -2.35. The lowest BCUT2D eigenvalue weighted by Gasteiger charge is -2.31. The van der Waals surface area contributed by atoms with Gasteiger partial charge in [-0.05, 0) is 74.0 Å². The number of amides is 1. The Labute approximate surface area is 194 Å². The molecule has 6 N–H and O–H groups in total. The zero-order valence-corrected chi connectivity index (χ0v) is 18.6. The zero-order chi connectivity index (χ0) is 23.7. The second-order valence-corrected chi connectivity index (χ2v) is 7.71. The fourth-order valence-corrected chi connectivity index (χ4v) is 3.25. The predicted octanol–water partition coefficient (Wildman–Crippen LogP) is 3.41. The predicted molar refractivity (Wildman–Crippen MR) is 126 cm³/mol. The van der Waals surface area contributed by atoms with Crippen LogP contribution in [0.25, 0.3) is 0 Å². The Morgan fingerprint density at radius 1 is 1.09 bits per heavy atom. The Morgan fingerprint density at radius 2 is 1.75 bits per heavy atom. The minimum Gasteiger partial charge on any atom is -0.377 e. The highest BCUT2D eigenvalue weighted by Gasteiger charge is 2.31. The number of carbonyl (C=O) groups excluding carboxylic acids is 1. The van der Waals surface area contributed by atoms with Crippen molar-refractivity contribution in [2.45, 2.75) is 25.4 Å². The first-order valence-electron chi connectivity index (χ1n) is 9.61. The molecule has 32 heavy (non-hydrogen) atoms. The molecule has 0 saturated carbocycles. The van der Waals surface area contributed by atoms with Gasteiger partial charge in [0.15, 0.2) is 10.2 Å². The highest BCUT2D eigenvalue weighted by atomic mass is 32.1. The van der Waals surface area contributed by atoms with Gasteiger partial charge in [0.25, 0.3) is 5.91 Å². The number of pyridine rings is 1. The summed E-state index contributed by atoms with van der Waals surface area (Å²) in [5.41, 5.74) is 9.60. The summed E-state index contributed by atoms with van der Waals surface area (Å²) in [6, 6.07) is 6.70. The first-order valence-corrected chi connectivity index (χ1v) is 10.4. The summed E-state index contributed by atoms with van der Waals surface area (Å²) in [6.07, 6.45) is 1.48. The van der Waals surface area contributed by atoms with Crippen LogP contribution in [0.4, 0.5) is 24.5 Å². The second kappa shape index (κ2) is 11.6. The average molecular weight is 485 g/mol. The zero-order valence-electron chi connectivity index (χ0n) is 17.0. The fraction of sp³-hybridized carbons (Fsp3) is 0.300. The molecule has 172 valence electrons. The van der Waals surface area contributed by atoms with Gasteiger partial charge in [-0.15, -0.1) is 0 Å². The largest absolute Gasteiger partial charge is 0.416 e. The van der Waals surface area contributed by atoms with Crippen LogP contribution in [-0.4, -0.2) is 34.2 Å². The molecule has 1 fully saturated rings. The molecule has 3 rings (SSSR count). The van der Waals surface area contributed by atoms with E-state index >= 15 is 0 Å². The highest BCUT2D eigenvalue weighted by Crippen LogP contribution is 2.36. The molecule has 7 nitrogen and oxygen atoms in total. The molecule has 0 radical (unpaired) electrons. The van der Waals surface area contributed by atoms with Crippen LogP contribution in [0.3, 0.4) is 0 Å². The number of piperidine rings is 1. The summed E-state index contributed by atoms with van der Waals surface area (Å²) >= 11 is 9.24. The van der Waals surface area contributed by atoms with E-state index in [0.717, 1.165) is 44.5 Å². The molecule has 0 atom stereocenters. The monoisotopic (exact) mass is 484 g/mol. The van der Waals surface area contributed by atoms with E-state index in [0.29, 0.717) is 11.3 Å². The highest BCUT2D eigenvalue weighted by molar-refractivity contribution is 7.80. The molecule has 1 aliphatic rings. The lowest BCUT2D eigenvalue weighted by atomic mass is 10.1. The number of aromatic nitrogens is 1. The van der Waals surface area contributed by atoms with Crippen molar-refractivity contribution in [1.82, 2.24) is 10.3 Å². The van der Waals surface area contributed by atoms with E-state index in [1.165, 1.54) is 18.5 Å². The molecule has 0 spiro atoms. The number of alkyl halides is 3. The average Bonchev–Trinajstić information content (AvgIpc) is 2.74. The molecule has 0 aliphatic carbocycles. The summed E-state index contributed by atoms with van der Waals surface area (Å²) in [6.45, 7) is 1.52. The van der Waals surface area contributed by atoms with Gasteiger partial charge in [-0.2, -0.15) is 13.2 Å². The molecule has 1 amide bonds. The van der Waals surface area contributed by atoms with Crippen LogP contribution >= 0.6 is 24.4 Å². The summed E-state index contributed by atoms with van der Waals surface area (Å²) < 4.78 is 39.5. The summed E-state index contributed by atoms with van der Waals surface area (Å²) in [4.78, 5) is 18.1. The second-order valence-electron chi connectivity index (χ2n) is 6.83. The third kappa shape index (κ3) is 7.93. The first kappa shape index (κ1) is 25.3. The Morgan fingerprint density at radius 3 is 2.31 bits per heavy atom.